The first kappa shape index (κ1) is 12.9. The van der Waals surface area contributed by atoms with Gasteiger partial charge in [-0.25, -0.2) is 4.39 Å². The SMILES string of the molecule is CNCC(O)(c1ccccc1F)C(F)(F)F. The molecule has 1 rings (SSSR count). The van der Waals surface area contributed by atoms with Crippen LogP contribution in [-0.4, -0.2) is 24.9 Å². The molecule has 2 nitrogen and oxygen atoms in total. The Morgan fingerprint density at radius 3 is 2.25 bits per heavy atom. The van der Waals surface area contributed by atoms with Crippen molar-refractivity contribution in [2.24, 2.45) is 0 Å². The van der Waals surface area contributed by atoms with E-state index in [1.807, 2.05) is 0 Å². The molecule has 0 saturated carbocycles. The highest BCUT2D eigenvalue weighted by Crippen LogP contribution is 2.39. The average molecular weight is 237 g/mol. The normalized spacial score (nSPS) is 15.9. The molecule has 0 spiro atoms. The minimum atomic E-state index is -4.95. The van der Waals surface area contributed by atoms with Gasteiger partial charge in [-0.3, -0.25) is 0 Å². The Balaban J connectivity index is 3.28. The summed E-state index contributed by atoms with van der Waals surface area (Å²) in [6.45, 7) is -0.808. The summed E-state index contributed by atoms with van der Waals surface area (Å²) >= 11 is 0. The highest BCUT2D eigenvalue weighted by Gasteiger charge is 2.55. The number of likely N-dealkylation sites (N-methyl/N-ethyl adjacent to an activating group) is 1. The second-order valence-corrected chi connectivity index (χ2v) is 3.37. The van der Waals surface area contributed by atoms with Gasteiger partial charge in [0.05, 0.1) is 0 Å². The fourth-order valence-corrected chi connectivity index (χ4v) is 1.40. The molecule has 1 aromatic carbocycles. The van der Waals surface area contributed by atoms with Crippen molar-refractivity contribution in [3.63, 3.8) is 0 Å². The molecule has 90 valence electrons. The molecule has 6 heteroatoms. The van der Waals surface area contributed by atoms with E-state index < -0.39 is 29.7 Å². The monoisotopic (exact) mass is 237 g/mol. The zero-order valence-corrected chi connectivity index (χ0v) is 8.48. The highest BCUT2D eigenvalue weighted by atomic mass is 19.4. The quantitative estimate of drug-likeness (QED) is 0.785. The summed E-state index contributed by atoms with van der Waals surface area (Å²) in [5, 5.41) is 11.8. The van der Waals surface area contributed by atoms with E-state index in [1.165, 1.54) is 19.2 Å². The maximum Gasteiger partial charge on any atom is 0.422 e. The molecule has 1 aromatic rings. The predicted molar refractivity (Wildman–Crippen MR) is 50.3 cm³/mol. The molecule has 0 saturated heterocycles. The van der Waals surface area contributed by atoms with Crippen molar-refractivity contribution in [3.05, 3.63) is 35.6 Å². The molecule has 0 aliphatic heterocycles. The third-order valence-corrected chi connectivity index (χ3v) is 2.22. The smallest absolute Gasteiger partial charge is 0.375 e. The van der Waals surface area contributed by atoms with Gasteiger partial charge in [0, 0.05) is 12.1 Å². The van der Waals surface area contributed by atoms with E-state index in [0.29, 0.717) is 0 Å². The third kappa shape index (κ3) is 2.17. The van der Waals surface area contributed by atoms with Crippen LogP contribution in [0.3, 0.4) is 0 Å². The standard InChI is InChI=1S/C10H11F4NO/c1-15-6-9(16,10(12,13)14)7-4-2-3-5-8(7)11/h2-5,15-16H,6H2,1H3. The molecule has 0 heterocycles. The first-order chi connectivity index (χ1) is 7.33. The zero-order valence-electron chi connectivity index (χ0n) is 8.48. The molecule has 0 amide bonds. The summed E-state index contributed by atoms with van der Waals surface area (Å²) in [6.07, 6.45) is -4.95. The topological polar surface area (TPSA) is 32.3 Å². The summed E-state index contributed by atoms with van der Waals surface area (Å²) < 4.78 is 51.4. The molecule has 0 radical (unpaired) electrons. The molecule has 1 atom stereocenters. The Bertz CT molecular complexity index is 366. The second-order valence-electron chi connectivity index (χ2n) is 3.37. The van der Waals surface area contributed by atoms with Gasteiger partial charge < -0.3 is 10.4 Å². The Hall–Kier alpha value is -1.14. The number of aliphatic hydroxyl groups is 1. The van der Waals surface area contributed by atoms with Crippen LogP contribution in [0.5, 0.6) is 0 Å². The minimum absolute atomic E-state index is 0.781. The van der Waals surface area contributed by atoms with E-state index in [1.54, 1.807) is 0 Å². The van der Waals surface area contributed by atoms with Gasteiger partial charge in [-0.2, -0.15) is 13.2 Å². The minimum Gasteiger partial charge on any atom is -0.375 e. The van der Waals surface area contributed by atoms with Crippen molar-refractivity contribution >= 4 is 0 Å². The van der Waals surface area contributed by atoms with Crippen LogP contribution in [-0.2, 0) is 5.60 Å². The summed E-state index contributed by atoms with van der Waals surface area (Å²) in [7, 11) is 1.25. The molecule has 0 aromatic heterocycles. The van der Waals surface area contributed by atoms with Gasteiger partial charge in [0.1, 0.15) is 5.82 Å². The fourth-order valence-electron chi connectivity index (χ4n) is 1.40. The summed E-state index contributed by atoms with van der Waals surface area (Å²) in [4.78, 5) is 0. The fraction of sp³-hybridized carbons (Fsp3) is 0.400. The zero-order chi connectivity index (χ0) is 12.4. The molecule has 0 fully saturated rings. The predicted octanol–water partition coefficient (Wildman–Crippen LogP) is 1.79. The Morgan fingerprint density at radius 1 is 1.25 bits per heavy atom. The summed E-state index contributed by atoms with van der Waals surface area (Å²) in [6, 6.07) is 4.29. The largest absolute Gasteiger partial charge is 0.422 e. The van der Waals surface area contributed by atoms with E-state index in [0.717, 1.165) is 12.1 Å². The first-order valence-electron chi connectivity index (χ1n) is 4.51. The van der Waals surface area contributed by atoms with Crippen molar-refractivity contribution in [1.29, 1.82) is 0 Å². The second kappa shape index (κ2) is 4.39. The van der Waals surface area contributed by atoms with Crippen LogP contribution >= 0.6 is 0 Å². The van der Waals surface area contributed by atoms with Crippen LogP contribution in [0.15, 0.2) is 24.3 Å². The van der Waals surface area contributed by atoms with E-state index in [2.05, 4.69) is 5.32 Å². The molecular weight excluding hydrogens is 226 g/mol. The maximum absolute atomic E-state index is 13.3. The van der Waals surface area contributed by atoms with Crippen LogP contribution < -0.4 is 5.32 Å². The first-order valence-corrected chi connectivity index (χ1v) is 4.51. The Morgan fingerprint density at radius 2 is 1.81 bits per heavy atom. The highest BCUT2D eigenvalue weighted by molar-refractivity contribution is 5.26. The van der Waals surface area contributed by atoms with Gasteiger partial charge in [0.2, 0.25) is 5.60 Å². The molecule has 16 heavy (non-hydrogen) atoms. The molecular formula is C10H11F4NO. The molecule has 2 N–H and O–H groups in total. The van der Waals surface area contributed by atoms with E-state index in [9.17, 15) is 22.7 Å². The number of hydrogen-bond donors (Lipinski definition) is 2. The van der Waals surface area contributed by atoms with Crippen molar-refractivity contribution in [2.75, 3.05) is 13.6 Å². The van der Waals surface area contributed by atoms with Gasteiger partial charge in [-0.1, -0.05) is 18.2 Å². The Labute approximate surface area is 89.9 Å². The third-order valence-electron chi connectivity index (χ3n) is 2.22. The lowest BCUT2D eigenvalue weighted by Gasteiger charge is -2.30. The van der Waals surface area contributed by atoms with Crippen LogP contribution in [0.2, 0.25) is 0 Å². The van der Waals surface area contributed by atoms with E-state index in [-0.39, 0.29) is 0 Å². The van der Waals surface area contributed by atoms with Gasteiger partial charge in [-0.05, 0) is 13.1 Å². The van der Waals surface area contributed by atoms with Gasteiger partial charge in [0.15, 0.2) is 0 Å². The van der Waals surface area contributed by atoms with Crippen LogP contribution in [0.4, 0.5) is 17.6 Å². The van der Waals surface area contributed by atoms with Crippen LogP contribution in [0.1, 0.15) is 5.56 Å². The number of halogens is 4. The van der Waals surface area contributed by atoms with Crippen molar-refractivity contribution in [3.8, 4) is 0 Å². The van der Waals surface area contributed by atoms with Crippen molar-refractivity contribution < 1.29 is 22.7 Å². The van der Waals surface area contributed by atoms with E-state index >= 15 is 0 Å². The number of nitrogens with one attached hydrogen (secondary N) is 1. The lowest BCUT2D eigenvalue weighted by molar-refractivity contribution is -0.265. The molecule has 0 aliphatic rings. The van der Waals surface area contributed by atoms with Crippen molar-refractivity contribution in [2.45, 2.75) is 11.8 Å². The van der Waals surface area contributed by atoms with Gasteiger partial charge in [0.25, 0.3) is 0 Å². The lowest BCUT2D eigenvalue weighted by atomic mass is 9.92. The average Bonchev–Trinajstić information content (AvgIpc) is 2.16. The number of rotatable bonds is 3. The molecule has 0 aliphatic carbocycles. The number of hydrogen-bond acceptors (Lipinski definition) is 2. The van der Waals surface area contributed by atoms with Gasteiger partial charge in [-0.15, -0.1) is 0 Å². The number of alkyl halides is 3. The van der Waals surface area contributed by atoms with Crippen molar-refractivity contribution in [1.82, 2.24) is 5.32 Å². The molecule has 0 bridgehead atoms. The van der Waals surface area contributed by atoms with Crippen LogP contribution in [0.25, 0.3) is 0 Å². The molecule has 1 unspecified atom stereocenters. The van der Waals surface area contributed by atoms with Crippen LogP contribution in [0, 0.1) is 5.82 Å². The summed E-state index contributed by atoms with van der Waals surface area (Å²) in [5.74, 6) is -1.09. The van der Waals surface area contributed by atoms with E-state index in [4.69, 9.17) is 0 Å². The maximum atomic E-state index is 13.3. The summed E-state index contributed by atoms with van der Waals surface area (Å²) in [5.41, 5.74) is -4.00. The Kier molecular flexibility index (Phi) is 3.54. The van der Waals surface area contributed by atoms with Gasteiger partial charge >= 0.3 is 6.18 Å². The lowest BCUT2D eigenvalue weighted by Crippen LogP contribution is -2.49. The number of benzene rings is 1.